The maximum absolute atomic E-state index is 6.02. The number of allylic oxidation sites excluding steroid dienone is 1. The molecule has 4 heteroatoms. The molecule has 0 heterocycles. The Hall–Kier alpha value is -0.580. The molecule has 0 aromatic carbocycles. The molecule has 0 aromatic heterocycles. The summed E-state index contributed by atoms with van der Waals surface area (Å²) >= 11 is 0. The second kappa shape index (κ2) is 32.4. The Morgan fingerprint density at radius 2 is 0.972 bits per heavy atom. The summed E-state index contributed by atoms with van der Waals surface area (Å²) in [6, 6.07) is 0. The molecule has 0 saturated carbocycles. The van der Waals surface area contributed by atoms with Gasteiger partial charge in [-0.1, -0.05) is 117 Å². The Labute approximate surface area is 226 Å². The van der Waals surface area contributed by atoms with Crippen molar-refractivity contribution in [2.75, 3.05) is 26.6 Å². The van der Waals surface area contributed by atoms with E-state index in [0.29, 0.717) is 6.79 Å². The summed E-state index contributed by atoms with van der Waals surface area (Å²) in [4.78, 5) is 0. The van der Waals surface area contributed by atoms with Gasteiger partial charge in [0.25, 0.3) is 0 Å². The highest BCUT2D eigenvalue weighted by atomic mass is 16.7. The third kappa shape index (κ3) is 29.6. The number of unbranched alkanes of at least 4 members (excludes halogenated alkanes) is 17. The Morgan fingerprint density at radius 3 is 1.58 bits per heavy atom. The van der Waals surface area contributed by atoms with E-state index >= 15 is 0 Å². The van der Waals surface area contributed by atoms with Crippen LogP contribution in [-0.2, 0) is 18.9 Å². The van der Waals surface area contributed by atoms with Gasteiger partial charge in [0, 0.05) is 13.2 Å². The molecule has 0 rings (SSSR count). The van der Waals surface area contributed by atoms with E-state index in [1.807, 2.05) is 6.26 Å². The summed E-state index contributed by atoms with van der Waals surface area (Å²) in [5.74, 6) is 0. The topological polar surface area (TPSA) is 36.9 Å². The first kappa shape index (κ1) is 35.4. The monoisotopic (exact) mass is 512 g/mol. The zero-order chi connectivity index (χ0) is 26.2. The van der Waals surface area contributed by atoms with Crippen molar-refractivity contribution in [3.63, 3.8) is 0 Å². The highest BCUT2D eigenvalue weighted by Gasteiger charge is 2.09. The summed E-state index contributed by atoms with van der Waals surface area (Å²) in [5, 5.41) is 0. The smallest absolute Gasteiger partial charge is 0.188 e. The van der Waals surface area contributed by atoms with Crippen LogP contribution in [0.4, 0.5) is 0 Å². The Balaban J connectivity index is 3.45. The fraction of sp³-hybridized carbons (Fsp3) is 0.938. The summed E-state index contributed by atoms with van der Waals surface area (Å²) in [5.41, 5.74) is 0. The van der Waals surface area contributed by atoms with Crippen LogP contribution in [0.1, 0.15) is 162 Å². The van der Waals surface area contributed by atoms with Crippen molar-refractivity contribution in [1.82, 2.24) is 0 Å². The molecule has 0 bridgehead atoms. The molecule has 0 radical (unpaired) electrons. The van der Waals surface area contributed by atoms with Gasteiger partial charge in [-0.3, -0.25) is 0 Å². The minimum Gasteiger partial charge on any atom is -0.475 e. The van der Waals surface area contributed by atoms with E-state index in [1.54, 1.807) is 0 Å². The van der Waals surface area contributed by atoms with Crippen molar-refractivity contribution in [3.05, 3.63) is 12.3 Å². The minimum atomic E-state index is 0.0124. The van der Waals surface area contributed by atoms with Gasteiger partial charge in [-0.2, -0.15) is 0 Å². The van der Waals surface area contributed by atoms with Crippen LogP contribution in [0.2, 0.25) is 0 Å². The van der Waals surface area contributed by atoms with E-state index in [4.69, 9.17) is 18.9 Å². The fourth-order valence-corrected chi connectivity index (χ4v) is 4.25. The molecule has 0 unspecified atom stereocenters. The van der Waals surface area contributed by atoms with Crippen molar-refractivity contribution < 1.29 is 18.9 Å². The predicted molar refractivity (Wildman–Crippen MR) is 155 cm³/mol. The van der Waals surface area contributed by atoms with Crippen LogP contribution in [0, 0.1) is 0 Å². The van der Waals surface area contributed by atoms with Gasteiger partial charge in [-0.05, 0) is 51.0 Å². The first-order valence-corrected chi connectivity index (χ1v) is 15.9. The van der Waals surface area contributed by atoms with E-state index in [0.717, 1.165) is 51.9 Å². The van der Waals surface area contributed by atoms with Crippen LogP contribution in [0.25, 0.3) is 0 Å². The van der Waals surface area contributed by atoms with Crippen LogP contribution in [0.15, 0.2) is 12.3 Å². The van der Waals surface area contributed by atoms with Gasteiger partial charge >= 0.3 is 0 Å². The van der Waals surface area contributed by atoms with Gasteiger partial charge in [0.15, 0.2) is 13.1 Å². The first-order chi connectivity index (χ1) is 17.8. The standard InChI is InChI=1S/C32H64O4/c1-4-7-10-11-16-19-24-27-33-31-34-28-25-20-17-14-12-13-15-18-21-26-32(35-29-22-8-5-2)36-30-23-9-6-3/h25,28,32H,4-24,26-27,29-31H2,1-3H3. The number of hydrogen-bond acceptors (Lipinski definition) is 4. The summed E-state index contributed by atoms with van der Waals surface area (Å²) in [7, 11) is 0. The third-order valence-electron chi connectivity index (χ3n) is 6.65. The Morgan fingerprint density at radius 1 is 0.500 bits per heavy atom. The molecule has 36 heavy (non-hydrogen) atoms. The van der Waals surface area contributed by atoms with Crippen molar-refractivity contribution in [1.29, 1.82) is 0 Å². The largest absolute Gasteiger partial charge is 0.475 e. The number of rotatable bonds is 31. The third-order valence-corrected chi connectivity index (χ3v) is 6.65. The molecule has 216 valence electrons. The highest BCUT2D eigenvalue weighted by Crippen LogP contribution is 2.14. The van der Waals surface area contributed by atoms with Gasteiger partial charge in [-0.25, -0.2) is 0 Å². The van der Waals surface area contributed by atoms with Crippen LogP contribution in [0.5, 0.6) is 0 Å². The maximum atomic E-state index is 6.02. The molecule has 0 amide bonds. The van der Waals surface area contributed by atoms with Crippen LogP contribution >= 0.6 is 0 Å². The average Bonchev–Trinajstić information content (AvgIpc) is 2.89. The molecule has 0 atom stereocenters. The quantitative estimate of drug-likeness (QED) is 0.0526. The van der Waals surface area contributed by atoms with Gasteiger partial charge in [0.05, 0.1) is 12.9 Å². The van der Waals surface area contributed by atoms with Crippen molar-refractivity contribution in [2.45, 2.75) is 168 Å². The van der Waals surface area contributed by atoms with Crippen molar-refractivity contribution in [2.24, 2.45) is 0 Å². The molecular formula is C32H64O4. The summed E-state index contributed by atoms with van der Waals surface area (Å²) in [6.07, 6.45) is 31.7. The zero-order valence-corrected chi connectivity index (χ0v) is 24.7. The maximum Gasteiger partial charge on any atom is 0.188 e. The van der Waals surface area contributed by atoms with Crippen LogP contribution in [0.3, 0.4) is 0 Å². The molecular weight excluding hydrogens is 448 g/mol. The van der Waals surface area contributed by atoms with E-state index in [-0.39, 0.29) is 6.29 Å². The fourth-order valence-electron chi connectivity index (χ4n) is 4.25. The predicted octanol–water partition coefficient (Wildman–Crippen LogP) is 10.5. The second-order valence-corrected chi connectivity index (χ2v) is 10.3. The van der Waals surface area contributed by atoms with Gasteiger partial charge in [-0.15, -0.1) is 0 Å². The van der Waals surface area contributed by atoms with Gasteiger partial charge < -0.3 is 18.9 Å². The number of ether oxygens (including phenoxy) is 4. The van der Waals surface area contributed by atoms with Crippen molar-refractivity contribution >= 4 is 0 Å². The molecule has 0 N–H and O–H groups in total. The van der Waals surface area contributed by atoms with E-state index in [2.05, 4.69) is 26.8 Å². The lowest BCUT2D eigenvalue weighted by Gasteiger charge is -2.18. The highest BCUT2D eigenvalue weighted by molar-refractivity contribution is 4.72. The first-order valence-electron chi connectivity index (χ1n) is 15.9. The lowest BCUT2D eigenvalue weighted by molar-refractivity contribution is -0.148. The Kier molecular flexibility index (Phi) is 31.9. The SMILES string of the molecule is CCCCCCCCCOCOC=CCCCCCCCCCC(OCCCCC)OCCCCC. The van der Waals surface area contributed by atoms with Crippen molar-refractivity contribution in [3.8, 4) is 0 Å². The normalized spacial score (nSPS) is 11.8. The van der Waals surface area contributed by atoms with E-state index < -0.39 is 0 Å². The molecule has 0 aliphatic rings. The molecule has 0 aliphatic heterocycles. The molecule has 0 saturated heterocycles. The summed E-state index contributed by atoms with van der Waals surface area (Å²) in [6.45, 7) is 9.63. The lowest BCUT2D eigenvalue weighted by Crippen LogP contribution is -2.19. The Bertz CT molecular complexity index is 401. The second-order valence-electron chi connectivity index (χ2n) is 10.3. The molecule has 0 fully saturated rings. The molecule has 0 aromatic rings. The van der Waals surface area contributed by atoms with Gasteiger partial charge in [0.1, 0.15) is 0 Å². The molecule has 0 aliphatic carbocycles. The van der Waals surface area contributed by atoms with Crippen LogP contribution in [-0.4, -0.2) is 32.9 Å². The molecule has 4 nitrogen and oxygen atoms in total. The van der Waals surface area contributed by atoms with Gasteiger partial charge in [0.2, 0.25) is 0 Å². The lowest BCUT2D eigenvalue weighted by atomic mass is 10.1. The minimum absolute atomic E-state index is 0.0124. The van der Waals surface area contributed by atoms with Crippen LogP contribution < -0.4 is 0 Å². The van der Waals surface area contributed by atoms with E-state index in [1.165, 1.54) is 109 Å². The summed E-state index contributed by atoms with van der Waals surface area (Å²) < 4.78 is 23.0. The molecule has 0 spiro atoms. The van der Waals surface area contributed by atoms with E-state index in [9.17, 15) is 0 Å². The average molecular weight is 513 g/mol. The zero-order valence-electron chi connectivity index (χ0n) is 24.7. The number of hydrogen-bond donors (Lipinski definition) is 0.